The van der Waals surface area contributed by atoms with E-state index in [0.717, 1.165) is 0 Å². The lowest BCUT2D eigenvalue weighted by Gasteiger charge is -1.96. The molecular weight excluding hydrogens is 186 g/mol. The summed E-state index contributed by atoms with van der Waals surface area (Å²) in [5, 5.41) is 19.3. The Morgan fingerprint density at radius 1 is 1.57 bits per heavy atom. The highest BCUT2D eigenvalue weighted by atomic mass is 16.6. The van der Waals surface area contributed by atoms with Crippen molar-refractivity contribution < 1.29 is 10.0 Å². The van der Waals surface area contributed by atoms with E-state index >= 15 is 0 Å². The number of fused-ring (bicyclic) bond motifs is 1. The van der Waals surface area contributed by atoms with Crippen molar-refractivity contribution in [1.29, 1.82) is 0 Å². The van der Waals surface area contributed by atoms with E-state index < -0.39 is 4.92 Å². The zero-order chi connectivity index (χ0) is 10.1. The molecule has 0 aliphatic rings. The third-order valence-electron chi connectivity index (χ3n) is 1.97. The molecule has 0 radical (unpaired) electrons. The van der Waals surface area contributed by atoms with E-state index in [0.29, 0.717) is 11.0 Å². The van der Waals surface area contributed by atoms with Crippen molar-refractivity contribution in [3.63, 3.8) is 0 Å². The maximum Gasteiger partial charge on any atom is 0.271 e. The summed E-state index contributed by atoms with van der Waals surface area (Å²) in [4.78, 5) is 13.9. The van der Waals surface area contributed by atoms with Gasteiger partial charge in [-0.3, -0.25) is 10.1 Å². The third kappa shape index (κ3) is 1.21. The molecule has 0 aliphatic carbocycles. The number of nitro benzene ring substituents is 1. The standard InChI is InChI=1S/C8H7N3O3/c12-5-10-4-9-7-3-6(11(13)14)1-2-8(7)10/h1-4,12H,5H2. The van der Waals surface area contributed by atoms with Crippen LogP contribution in [0.25, 0.3) is 11.0 Å². The first kappa shape index (κ1) is 8.64. The van der Waals surface area contributed by atoms with Crippen LogP contribution in [0.3, 0.4) is 0 Å². The molecule has 14 heavy (non-hydrogen) atoms. The molecule has 0 aliphatic heterocycles. The van der Waals surface area contributed by atoms with Crippen LogP contribution >= 0.6 is 0 Å². The molecule has 1 aromatic carbocycles. The molecule has 1 N–H and O–H groups in total. The second-order valence-electron chi connectivity index (χ2n) is 2.79. The maximum absolute atomic E-state index is 10.4. The first-order valence-corrected chi connectivity index (χ1v) is 3.92. The van der Waals surface area contributed by atoms with Gasteiger partial charge in [0, 0.05) is 12.1 Å². The fourth-order valence-corrected chi connectivity index (χ4v) is 1.28. The summed E-state index contributed by atoms with van der Waals surface area (Å²) in [5.41, 5.74) is 1.19. The van der Waals surface area contributed by atoms with Crippen LogP contribution in [-0.4, -0.2) is 19.6 Å². The Morgan fingerprint density at radius 3 is 3.00 bits per heavy atom. The van der Waals surface area contributed by atoms with Gasteiger partial charge in [-0.1, -0.05) is 0 Å². The lowest BCUT2D eigenvalue weighted by Crippen LogP contribution is -1.93. The van der Waals surface area contributed by atoms with E-state index in [1.165, 1.54) is 23.0 Å². The van der Waals surface area contributed by atoms with Crippen LogP contribution < -0.4 is 0 Å². The minimum Gasteiger partial charge on any atom is -0.376 e. The third-order valence-corrected chi connectivity index (χ3v) is 1.97. The monoisotopic (exact) mass is 193 g/mol. The second-order valence-corrected chi connectivity index (χ2v) is 2.79. The van der Waals surface area contributed by atoms with Gasteiger partial charge in [-0.05, 0) is 6.07 Å². The van der Waals surface area contributed by atoms with E-state index in [1.807, 2.05) is 0 Å². The summed E-state index contributed by atoms with van der Waals surface area (Å²) in [6.45, 7) is -0.186. The van der Waals surface area contributed by atoms with E-state index in [9.17, 15) is 10.1 Å². The SMILES string of the molecule is O=[N+]([O-])c1ccc2c(c1)ncn2CO. The number of nitrogens with zero attached hydrogens (tertiary/aromatic N) is 3. The zero-order valence-electron chi connectivity index (χ0n) is 7.12. The molecule has 0 atom stereocenters. The number of aliphatic hydroxyl groups excluding tert-OH is 1. The lowest BCUT2D eigenvalue weighted by molar-refractivity contribution is -0.384. The van der Waals surface area contributed by atoms with Crippen molar-refractivity contribution in [3.05, 3.63) is 34.6 Å². The number of imidazole rings is 1. The summed E-state index contributed by atoms with van der Waals surface area (Å²) in [6, 6.07) is 4.33. The Morgan fingerprint density at radius 2 is 2.36 bits per heavy atom. The topological polar surface area (TPSA) is 81.2 Å². The molecule has 6 nitrogen and oxygen atoms in total. The quantitative estimate of drug-likeness (QED) is 0.567. The number of hydrogen-bond acceptors (Lipinski definition) is 4. The normalized spacial score (nSPS) is 10.6. The molecule has 2 aromatic rings. The average Bonchev–Trinajstić information content (AvgIpc) is 2.59. The van der Waals surface area contributed by atoms with Gasteiger partial charge in [0.1, 0.15) is 6.73 Å². The minimum absolute atomic E-state index is 0.000639. The average molecular weight is 193 g/mol. The van der Waals surface area contributed by atoms with Gasteiger partial charge in [0.25, 0.3) is 5.69 Å². The number of aromatic nitrogens is 2. The van der Waals surface area contributed by atoms with Gasteiger partial charge >= 0.3 is 0 Å². The molecule has 72 valence electrons. The van der Waals surface area contributed by atoms with Gasteiger partial charge in [-0.2, -0.15) is 0 Å². The van der Waals surface area contributed by atoms with Gasteiger partial charge in [0.15, 0.2) is 0 Å². The van der Waals surface area contributed by atoms with Crippen LogP contribution in [0.5, 0.6) is 0 Å². The second kappa shape index (κ2) is 3.08. The molecule has 6 heteroatoms. The lowest BCUT2D eigenvalue weighted by atomic mass is 10.3. The predicted octanol–water partition coefficient (Wildman–Crippen LogP) is 0.894. The van der Waals surface area contributed by atoms with Gasteiger partial charge in [0.2, 0.25) is 0 Å². The van der Waals surface area contributed by atoms with Crippen molar-refractivity contribution in [2.75, 3.05) is 0 Å². The molecular formula is C8H7N3O3. The Hall–Kier alpha value is -1.95. The number of nitro groups is 1. The molecule has 0 saturated carbocycles. The smallest absolute Gasteiger partial charge is 0.271 e. The summed E-state index contributed by atoms with van der Waals surface area (Å²) >= 11 is 0. The fraction of sp³-hybridized carbons (Fsp3) is 0.125. The number of hydrogen-bond donors (Lipinski definition) is 1. The van der Waals surface area contributed by atoms with Crippen molar-refractivity contribution >= 4 is 16.7 Å². The van der Waals surface area contributed by atoms with Crippen LogP contribution in [0, 0.1) is 10.1 Å². The maximum atomic E-state index is 10.4. The Balaban J connectivity index is 2.63. The van der Waals surface area contributed by atoms with Crippen molar-refractivity contribution in [1.82, 2.24) is 9.55 Å². The number of rotatable bonds is 2. The highest BCUT2D eigenvalue weighted by Gasteiger charge is 2.08. The molecule has 1 aromatic heterocycles. The molecule has 0 amide bonds. The predicted molar refractivity (Wildman–Crippen MR) is 48.6 cm³/mol. The summed E-state index contributed by atoms with van der Waals surface area (Å²) in [7, 11) is 0. The van der Waals surface area contributed by atoms with E-state index in [2.05, 4.69) is 4.98 Å². The largest absolute Gasteiger partial charge is 0.376 e. The first-order chi connectivity index (χ1) is 6.72. The molecule has 2 rings (SSSR count). The van der Waals surface area contributed by atoms with Gasteiger partial charge < -0.3 is 9.67 Å². The van der Waals surface area contributed by atoms with Gasteiger partial charge in [-0.25, -0.2) is 4.98 Å². The number of benzene rings is 1. The van der Waals surface area contributed by atoms with Crippen LogP contribution in [0.2, 0.25) is 0 Å². The Labute approximate surface area is 78.6 Å². The zero-order valence-corrected chi connectivity index (χ0v) is 7.12. The van der Waals surface area contributed by atoms with Gasteiger partial charge in [0.05, 0.1) is 22.3 Å². The fourth-order valence-electron chi connectivity index (χ4n) is 1.28. The number of aliphatic hydroxyl groups is 1. The molecule has 0 unspecified atom stereocenters. The Bertz CT molecular complexity index is 492. The Kier molecular flexibility index (Phi) is 1.90. The molecule has 1 heterocycles. The highest BCUT2D eigenvalue weighted by molar-refractivity contribution is 5.77. The van der Waals surface area contributed by atoms with Crippen LogP contribution in [-0.2, 0) is 6.73 Å². The highest BCUT2D eigenvalue weighted by Crippen LogP contribution is 2.19. The minimum atomic E-state index is -0.475. The summed E-state index contributed by atoms with van der Waals surface area (Å²) in [6.07, 6.45) is 1.44. The molecule has 0 bridgehead atoms. The number of non-ortho nitro benzene ring substituents is 1. The van der Waals surface area contributed by atoms with Crippen molar-refractivity contribution in [2.45, 2.75) is 6.73 Å². The van der Waals surface area contributed by atoms with Crippen molar-refractivity contribution in [2.24, 2.45) is 0 Å². The van der Waals surface area contributed by atoms with Gasteiger partial charge in [-0.15, -0.1) is 0 Å². The molecule has 0 spiro atoms. The van der Waals surface area contributed by atoms with Crippen LogP contribution in [0.4, 0.5) is 5.69 Å². The van der Waals surface area contributed by atoms with E-state index in [1.54, 1.807) is 6.07 Å². The summed E-state index contributed by atoms with van der Waals surface area (Å²) in [5.74, 6) is 0. The first-order valence-electron chi connectivity index (χ1n) is 3.92. The van der Waals surface area contributed by atoms with E-state index in [4.69, 9.17) is 5.11 Å². The van der Waals surface area contributed by atoms with Crippen molar-refractivity contribution in [3.8, 4) is 0 Å². The molecule has 0 fully saturated rings. The molecule has 0 saturated heterocycles. The van der Waals surface area contributed by atoms with Crippen LogP contribution in [0.1, 0.15) is 0 Å². The van der Waals surface area contributed by atoms with Crippen LogP contribution in [0.15, 0.2) is 24.5 Å². The van der Waals surface area contributed by atoms with E-state index in [-0.39, 0.29) is 12.4 Å². The summed E-state index contributed by atoms with van der Waals surface area (Å²) < 4.78 is 1.50.